The Kier molecular flexibility index (Phi) is 6.58. The van der Waals surface area contributed by atoms with Crippen LogP contribution in [0.5, 0.6) is 0 Å². The third-order valence-electron chi connectivity index (χ3n) is 5.98. The third kappa shape index (κ3) is 4.96. The van der Waals surface area contributed by atoms with Crippen molar-refractivity contribution in [3.05, 3.63) is 83.8 Å². The van der Waals surface area contributed by atoms with E-state index in [0.29, 0.717) is 35.3 Å². The lowest BCUT2D eigenvalue weighted by molar-refractivity contribution is -0.114. The standard InChI is InChI=1S/C25H26FN3O3S/c1-17-8-12-24(19-6-4-3-5-7-19)33(31,32)29(17)16-22-10-9-20(14-23(22)26)21-11-13-25(27-15-21)28-18(2)30/h3-7,9-11,13-15,17,24H,8,12,16H2,1-2H3,(H,27,28,30). The number of rotatable bonds is 5. The Morgan fingerprint density at radius 3 is 2.45 bits per heavy atom. The summed E-state index contributed by atoms with van der Waals surface area (Å²) in [6.45, 7) is 3.25. The number of benzene rings is 2. The van der Waals surface area contributed by atoms with Crippen molar-refractivity contribution in [3.8, 4) is 11.1 Å². The molecule has 2 aromatic carbocycles. The molecule has 2 heterocycles. The van der Waals surface area contributed by atoms with Crippen molar-refractivity contribution < 1.29 is 17.6 Å². The van der Waals surface area contributed by atoms with Gasteiger partial charge in [-0.15, -0.1) is 0 Å². The molecule has 2 unspecified atom stereocenters. The minimum absolute atomic E-state index is 0.0152. The first-order chi connectivity index (χ1) is 15.8. The molecule has 1 aliphatic rings. The van der Waals surface area contributed by atoms with E-state index in [4.69, 9.17) is 0 Å². The van der Waals surface area contributed by atoms with Crippen molar-refractivity contribution in [1.82, 2.24) is 9.29 Å². The van der Waals surface area contributed by atoms with E-state index in [1.54, 1.807) is 30.5 Å². The van der Waals surface area contributed by atoms with Crippen molar-refractivity contribution in [3.63, 3.8) is 0 Å². The molecular weight excluding hydrogens is 441 g/mol. The molecule has 3 aromatic rings. The summed E-state index contributed by atoms with van der Waals surface area (Å²) in [6, 6.07) is 17.1. The first-order valence-corrected chi connectivity index (χ1v) is 12.3. The van der Waals surface area contributed by atoms with E-state index in [9.17, 15) is 13.2 Å². The number of nitrogens with one attached hydrogen (secondary N) is 1. The van der Waals surface area contributed by atoms with Gasteiger partial charge in [0.25, 0.3) is 0 Å². The summed E-state index contributed by atoms with van der Waals surface area (Å²) in [5.41, 5.74) is 2.40. The number of hydrogen-bond acceptors (Lipinski definition) is 4. The average molecular weight is 468 g/mol. The SMILES string of the molecule is CC(=O)Nc1ccc(-c2ccc(CN3C(C)CCC(c4ccccc4)S3(=O)=O)c(F)c2)cn1. The molecule has 1 aromatic heterocycles. The first kappa shape index (κ1) is 23.1. The van der Waals surface area contributed by atoms with E-state index in [-0.39, 0.29) is 18.5 Å². The first-order valence-electron chi connectivity index (χ1n) is 10.8. The quantitative estimate of drug-likeness (QED) is 0.579. The highest BCUT2D eigenvalue weighted by Gasteiger charge is 2.40. The zero-order valence-electron chi connectivity index (χ0n) is 18.5. The average Bonchev–Trinajstić information content (AvgIpc) is 2.78. The predicted molar refractivity (Wildman–Crippen MR) is 126 cm³/mol. The van der Waals surface area contributed by atoms with E-state index in [2.05, 4.69) is 10.3 Å². The van der Waals surface area contributed by atoms with Crippen LogP contribution in [-0.2, 0) is 21.4 Å². The van der Waals surface area contributed by atoms with Crippen molar-refractivity contribution in [2.45, 2.75) is 44.5 Å². The number of anilines is 1. The van der Waals surface area contributed by atoms with Gasteiger partial charge in [-0.2, -0.15) is 4.31 Å². The molecule has 1 saturated heterocycles. The number of halogens is 1. The van der Waals surface area contributed by atoms with E-state index in [1.807, 2.05) is 37.3 Å². The van der Waals surface area contributed by atoms with Gasteiger partial charge in [0.15, 0.2) is 0 Å². The summed E-state index contributed by atoms with van der Waals surface area (Å²) in [7, 11) is -3.64. The van der Waals surface area contributed by atoms with Crippen molar-refractivity contribution >= 4 is 21.7 Å². The van der Waals surface area contributed by atoms with Crippen LogP contribution in [-0.4, -0.2) is 29.7 Å². The van der Waals surface area contributed by atoms with E-state index in [0.717, 1.165) is 5.56 Å². The van der Waals surface area contributed by atoms with Gasteiger partial charge in [0.1, 0.15) is 16.9 Å². The van der Waals surface area contributed by atoms with Crippen molar-refractivity contribution in [1.29, 1.82) is 0 Å². The van der Waals surface area contributed by atoms with Gasteiger partial charge in [0, 0.05) is 36.8 Å². The Balaban J connectivity index is 1.56. The second-order valence-electron chi connectivity index (χ2n) is 8.34. The maximum atomic E-state index is 15.0. The van der Waals surface area contributed by atoms with Gasteiger partial charge in [0.05, 0.1) is 0 Å². The second-order valence-corrected chi connectivity index (χ2v) is 10.4. The molecule has 0 aliphatic carbocycles. The van der Waals surface area contributed by atoms with E-state index < -0.39 is 21.1 Å². The summed E-state index contributed by atoms with van der Waals surface area (Å²) in [5.74, 6) is -0.273. The van der Waals surface area contributed by atoms with Gasteiger partial charge in [0.2, 0.25) is 15.9 Å². The zero-order chi connectivity index (χ0) is 23.6. The van der Waals surface area contributed by atoms with Crippen LogP contribution < -0.4 is 5.32 Å². The maximum Gasteiger partial charge on any atom is 0.222 e. The fraction of sp³-hybridized carbons (Fsp3) is 0.280. The van der Waals surface area contributed by atoms with Crippen LogP contribution in [0.2, 0.25) is 0 Å². The smallest absolute Gasteiger partial charge is 0.222 e. The molecule has 172 valence electrons. The van der Waals surface area contributed by atoms with Gasteiger partial charge >= 0.3 is 0 Å². The number of aromatic nitrogens is 1. The fourth-order valence-corrected chi connectivity index (χ4v) is 6.38. The summed E-state index contributed by atoms with van der Waals surface area (Å²) < 4.78 is 43.3. The third-order valence-corrected chi connectivity index (χ3v) is 8.35. The zero-order valence-corrected chi connectivity index (χ0v) is 19.3. The molecule has 1 N–H and O–H groups in total. The highest BCUT2D eigenvalue weighted by atomic mass is 32.2. The maximum absolute atomic E-state index is 15.0. The number of amides is 1. The number of carbonyl (C=O) groups excluding carboxylic acids is 1. The minimum atomic E-state index is -3.64. The highest BCUT2D eigenvalue weighted by Crippen LogP contribution is 2.38. The summed E-state index contributed by atoms with van der Waals surface area (Å²) >= 11 is 0. The van der Waals surface area contributed by atoms with Gasteiger partial charge in [-0.1, -0.05) is 42.5 Å². The molecule has 0 radical (unpaired) electrons. The molecule has 2 atom stereocenters. The topological polar surface area (TPSA) is 79.4 Å². The molecule has 1 amide bonds. The van der Waals surface area contributed by atoms with Crippen LogP contribution >= 0.6 is 0 Å². The van der Waals surface area contributed by atoms with Gasteiger partial charge < -0.3 is 5.32 Å². The van der Waals surface area contributed by atoms with Crippen LogP contribution in [0.15, 0.2) is 66.9 Å². The second kappa shape index (κ2) is 9.41. The molecule has 8 heteroatoms. The minimum Gasteiger partial charge on any atom is -0.311 e. The fourth-order valence-electron chi connectivity index (χ4n) is 4.19. The lowest BCUT2D eigenvalue weighted by Crippen LogP contribution is -2.44. The number of sulfonamides is 1. The van der Waals surface area contributed by atoms with Crippen LogP contribution in [0.25, 0.3) is 11.1 Å². The molecule has 0 bridgehead atoms. The molecular formula is C25H26FN3O3S. The Labute approximate surface area is 193 Å². The highest BCUT2D eigenvalue weighted by molar-refractivity contribution is 7.89. The Morgan fingerprint density at radius 2 is 1.82 bits per heavy atom. The molecule has 1 aliphatic heterocycles. The Morgan fingerprint density at radius 1 is 1.09 bits per heavy atom. The Hall–Kier alpha value is -3.10. The summed E-state index contributed by atoms with van der Waals surface area (Å²) in [6.07, 6.45) is 2.82. The number of nitrogens with zero attached hydrogens (tertiary/aromatic N) is 2. The van der Waals surface area contributed by atoms with Gasteiger partial charge in [-0.25, -0.2) is 17.8 Å². The van der Waals surface area contributed by atoms with Crippen molar-refractivity contribution in [2.24, 2.45) is 0 Å². The van der Waals surface area contributed by atoms with E-state index in [1.165, 1.54) is 17.3 Å². The monoisotopic (exact) mass is 467 g/mol. The van der Waals surface area contributed by atoms with Crippen LogP contribution in [0, 0.1) is 5.82 Å². The number of pyridine rings is 1. The molecule has 33 heavy (non-hydrogen) atoms. The van der Waals surface area contributed by atoms with Gasteiger partial charge in [-0.05, 0) is 49.1 Å². The molecule has 0 spiro atoms. The molecule has 0 saturated carbocycles. The van der Waals surface area contributed by atoms with Crippen LogP contribution in [0.3, 0.4) is 0 Å². The van der Waals surface area contributed by atoms with E-state index >= 15 is 4.39 Å². The summed E-state index contributed by atoms with van der Waals surface area (Å²) in [4.78, 5) is 15.3. The lowest BCUT2D eigenvalue weighted by Gasteiger charge is -2.37. The summed E-state index contributed by atoms with van der Waals surface area (Å²) in [5, 5.41) is 1.97. The largest absolute Gasteiger partial charge is 0.311 e. The molecule has 6 nitrogen and oxygen atoms in total. The van der Waals surface area contributed by atoms with Crippen molar-refractivity contribution in [2.75, 3.05) is 5.32 Å². The Bertz CT molecular complexity index is 1250. The van der Waals surface area contributed by atoms with Crippen LogP contribution in [0.4, 0.5) is 10.2 Å². The normalized spacial score (nSPS) is 20.3. The molecule has 4 rings (SSSR count). The molecule has 1 fully saturated rings. The predicted octanol–water partition coefficient (Wildman–Crippen LogP) is 4.90. The van der Waals surface area contributed by atoms with Gasteiger partial charge in [-0.3, -0.25) is 4.79 Å². The number of hydrogen-bond donors (Lipinski definition) is 1. The lowest BCUT2D eigenvalue weighted by atomic mass is 10.0. The number of carbonyl (C=O) groups is 1. The van der Waals surface area contributed by atoms with Crippen LogP contribution in [0.1, 0.15) is 43.1 Å².